The van der Waals surface area contributed by atoms with Crippen LogP contribution in [0.2, 0.25) is 0 Å². The fourth-order valence-corrected chi connectivity index (χ4v) is 1.57. The van der Waals surface area contributed by atoms with Crippen molar-refractivity contribution in [3.8, 4) is 6.07 Å². The van der Waals surface area contributed by atoms with Crippen LogP contribution < -0.4 is 10.9 Å². The van der Waals surface area contributed by atoms with Crippen LogP contribution in [0.3, 0.4) is 0 Å². The van der Waals surface area contributed by atoms with Crippen LogP contribution in [0.4, 0.5) is 5.82 Å². The van der Waals surface area contributed by atoms with Gasteiger partial charge in [-0.2, -0.15) is 5.26 Å². The summed E-state index contributed by atoms with van der Waals surface area (Å²) in [5.74, 6) is 0.821. The fourth-order valence-electron chi connectivity index (χ4n) is 1.57. The first-order valence-electron chi connectivity index (χ1n) is 4.12. The van der Waals surface area contributed by atoms with E-state index < -0.39 is 0 Å². The zero-order chi connectivity index (χ0) is 9.42. The lowest BCUT2D eigenvalue weighted by Crippen LogP contribution is -2.21. The smallest absolute Gasteiger partial charge is 0.270 e. The van der Waals surface area contributed by atoms with E-state index in [1.807, 2.05) is 12.1 Å². The van der Waals surface area contributed by atoms with Crippen LogP contribution in [0.15, 0.2) is 10.9 Å². The van der Waals surface area contributed by atoms with Crippen molar-refractivity contribution in [2.24, 2.45) is 0 Å². The van der Waals surface area contributed by atoms with Gasteiger partial charge in [0.25, 0.3) is 5.56 Å². The third-order valence-corrected chi connectivity index (χ3v) is 2.25. The van der Waals surface area contributed by atoms with Crippen molar-refractivity contribution in [3.05, 3.63) is 27.5 Å². The number of pyridine rings is 1. The van der Waals surface area contributed by atoms with Gasteiger partial charge in [0.2, 0.25) is 0 Å². The topological polar surface area (TPSA) is 57.8 Å². The van der Waals surface area contributed by atoms with Gasteiger partial charge in [-0.3, -0.25) is 9.36 Å². The second-order valence-corrected chi connectivity index (χ2v) is 3.08. The molecular weight excluding hydrogens is 166 g/mol. The number of nitrogens with zero attached hydrogens (tertiary/aromatic N) is 2. The van der Waals surface area contributed by atoms with Gasteiger partial charge < -0.3 is 5.32 Å². The molecule has 0 amide bonds. The third kappa shape index (κ3) is 1.01. The lowest BCUT2D eigenvalue weighted by atomic mass is 10.2. The standard InChI is InChI=1S/C9H9N3O/c1-6-4-8-11-2-3-12(8)9(13)7(6)5-10/h4,11H,2-3H2,1H3. The van der Waals surface area contributed by atoms with Gasteiger partial charge in [-0.15, -0.1) is 0 Å². The molecule has 1 aromatic rings. The second kappa shape index (κ2) is 2.63. The van der Waals surface area contributed by atoms with Crippen LogP contribution in [0.5, 0.6) is 0 Å². The molecule has 1 aliphatic heterocycles. The number of aromatic nitrogens is 1. The van der Waals surface area contributed by atoms with Gasteiger partial charge in [0, 0.05) is 13.1 Å². The summed E-state index contributed by atoms with van der Waals surface area (Å²) < 4.78 is 1.60. The van der Waals surface area contributed by atoms with E-state index in [0.717, 1.165) is 17.9 Å². The fraction of sp³-hybridized carbons (Fsp3) is 0.333. The number of nitriles is 1. The van der Waals surface area contributed by atoms with Gasteiger partial charge in [0.05, 0.1) is 0 Å². The molecule has 1 N–H and O–H groups in total. The monoisotopic (exact) mass is 175 g/mol. The molecule has 0 bridgehead atoms. The Bertz CT molecular complexity index is 452. The molecule has 4 heteroatoms. The highest BCUT2D eigenvalue weighted by Gasteiger charge is 2.15. The average molecular weight is 175 g/mol. The highest BCUT2D eigenvalue weighted by atomic mass is 16.1. The zero-order valence-corrected chi connectivity index (χ0v) is 7.29. The predicted molar refractivity (Wildman–Crippen MR) is 48.6 cm³/mol. The van der Waals surface area contributed by atoms with Crippen molar-refractivity contribution < 1.29 is 0 Å². The van der Waals surface area contributed by atoms with Crippen LogP contribution in [0.25, 0.3) is 0 Å². The first kappa shape index (κ1) is 7.87. The zero-order valence-electron chi connectivity index (χ0n) is 7.29. The Kier molecular flexibility index (Phi) is 1.59. The number of anilines is 1. The van der Waals surface area contributed by atoms with E-state index in [2.05, 4.69) is 5.32 Å². The molecule has 0 atom stereocenters. The number of hydrogen-bond donors (Lipinski definition) is 1. The lowest BCUT2D eigenvalue weighted by Gasteiger charge is -2.04. The molecular formula is C9H9N3O. The molecule has 0 aromatic carbocycles. The minimum absolute atomic E-state index is 0.178. The molecule has 0 saturated carbocycles. The summed E-state index contributed by atoms with van der Waals surface area (Å²) >= 11 is 0. The third-order valence-electron chi connectivity index (χ3n) is 2.25. The number of rotatable bonds is 0. The molecule has 0 fully saturated rings. The number of hydrogen-bond acceptors (Lipinski definition) is 3. The summed E-state index contributed by atoms with van der Waals surface area (Å²) in [5, 5.41) is 11.8. The van der Waals surface area contributed by atoms with Crippen molar-refractivity contribution >= 4 is 5.82 Å². The van der Waals surface area contributed by atoms with E-state index in [1.165, 1.54) is 0 Å². The SMILES string of the molecule is Cc1cc2n(c(=O)c1C#N)CCN2. The van der Waals surface area contributed by atoms with Crippen LogP contribution >= 0.6 is 0 Å². The molecule has 1 aliphatic rings. The average Bonchev–Trinajstić information content (AvgIpc) is 2.53. The quantitative estimate of drug-likeness (QED) is 0.623. The Labute approximate surface area is 75.4 Å². The number of nitrogens with one attached hydrogen (secondary N) is 1. The Morgan fingerprint density at radius 3 is 3.15 bits per heavy atom. The maximum atomic E-state index is 11.6. The van der Waals surface area contributed by atoms with Crippen molar-refractivity contribution in [1.82, 2.24) is 4.57 Å². The summed E-state index contributed by atoms with van der Waals surface area (Å²) in [5.41, 5.74) is 0.822. The minimum atomic E-state index is -0.178. The van der Waals surface area contributed by atoms with Crippen molar-refractivity contribution in [1.29, 1.82) is 5.26 Å². The van der Waals surface area contributed by atoms with E-state index in [0.29, 0.717) is 6.54 Å². The molecule has 1 aromatic heterocycles. The Hall–Kier alpha value is -1.76. The normalized spacial score (nSPS) is 13.2. The predicted octanol–water partition coefficient (Wildman–Crippen LogP) is 0.454. The molecule has 2 rings (SSSR count). The van der Waals surface area contributed by atoms with Crippen LogP contribution in [-0.2, 0) is 6.54 Å². The molecule has 13 heavy (non-hydrogen) atoms. The van der Waals surface area contributed by atoms with Gasteiger partial charge in [0.15, 0.2) is 0 Å². The maximum absolute atomic E-state index is 11.6. The van der Waals surface area contributed by atoms with E-state index in [-0.39, 0.29) is 11.1 Å². The van der Waals surface area contributed by atoms with Gasteiger partial charge in [-0.1, -0.05) is 0 Å². The second-order valence-electron chi connectivity index (χ2n) is 3.08. The maximum Gasteiger partial charge on any atom is 0.270 e. The van der Waals surface area contributed by atoms with Gasteiger partial charge in [-0.25, -0.2) is 0 Å². The first-order valence-corrected chi connectivity index (χ1v) is 4.12. The molecule has 0 saturated heterocycles. The first-order chi connectivity index (χ1) is 6.24. The van der Waals surface area contributed by atoms with E-state index in [1.54, 1.807) is 11.5 Å². The molecule has 0 unspecified atom stereocenters. The van der Waals surface area contributed by atoms with E-state index >= 15 is 0 Å². The van der Waals surface area contributed by atoms with Crippen LogP contribution in [0.1, 0.15) is 11.1 Å². The largest absolute Gasteiger partial charge is 0.370 e. The van der Waals surface area contributed by atoms with Crippen molar-refractivity contribution in [2.75, 3.05) is 11.9 Å². The summed E-state index contributed by atoms with van der Waals surface area (Å²) in [4.78, 5) is 11.6. The molecule has 0 radical (unpaired) electrons. The van der Waals surface area contributed by atoms with Crippen molar-refractivity contribution in [2.45, 2.75) is 13.5 Å². The van der Waals surface area contributed by atoms with E-state index in [4.69, 9.17) is 5.26 Å². The summed E-state index contributed by atoms with van der Waals surface area (Å²) in [6, 6.07) is 3.77. The highest BCUT2D eigenvalue weighted by Crippen LogP contribution is 2.14. The molecule has 4 nitrogen and oxygen atoms in total. The van der Waals surface area contributed by atoms with Gasteiger partial charge >= 0.3 is 0 Å². The van der Waals surface area contributed by atoms with Gasteiger partial charge in [0.1, 0.15) is 17.5 Å². The van der Waals surface area contributed by atoms with Crippen molar-refractivity contribution in [3.63, 3.8) is 0 Å². The molecule has 2 heterocycles. The molecule has 0 aliphatic carbocycles. The highest BCUT2D eigenvalue weighted by molar-refractivity contribution is 5.48. The number of fused-ring (bicyclic) bond motifs is 1. The Morgan fingerprint density at radius 1 is 1.69 bits per heavy atom. The Morgan fingerprint density at radius 2 is 2.46 bits per heavy atom. The summed E-state index contributed by atoms with van der Waals surface area (Å²) in [7, 11) is 0. The Balaban J connectivity index is 2.79. The van der Waals surface area contributed by atoms with Gasteiger partial charge in [-0.05, 0) is 18.6 Å². The lowest BCUT2D eigenvalue weighted by molar-refractivity contribution is 0.768. The van der Waals surface area contributed by atoms with Crippen LogP contribution in [-0.4, -0.2) is 11.1 Å². The van der Waals surface area contributed by atoms with Crippen LogP contribution in [0, 0.1) is 18.3 Å². The molecule has 66 valence electrons. The molecule has 0 spiro atoms. The van der Waals surface area contributed by atoms with E-state index in [9.17, 15) is 4.79 Å². The number of aryl methyl sites for hydroxylation is 1. The minimum Gasteiger partial charge on any atom is -0.370 e. The summed E-state index contributed by atoms with van der Waals surface area (Å²) in [6.07, 6.45) is 0. The summed E-state index contributed by atoms with van der Waals surface area (Å²) in [6.45, 7) is 3.20.